The number of primary amides is 1. The van der Waals surface area contributed by atoms with Gasteiger partial charge in [0.15, 0.2) is 5.96 Å². The number of amides is 2. The second-order valence-corrected chi connectivity index (χ2v) is 5.96. The minimum absolute atomic E-state index is 0. The SMILES string of the molecule is CCCNC(=O)CCN=C(NCC)N1CCCC(CC(N)=O)C1.I. The zero-order valence-electron chi connectivity index (χ0n) is 14.8. The number of rotatable bonds is 8. The van der Waals surface area contributed by atoms with Gasteiger partial charge in [-0.3, -0.25) is 14.6 Å². The monoisotopic (exact) mass is 453 g/mol. The van der Waals surface area contributed by atoms with Crippen LogP contribution in [0.5, 0.6) is 0 Å². The van der Waals surface area contributed by atoms with Gasteiger partial charge >= 0.3 is 0 Å². The van der Waals surface area contributed by atoms with E-state index in [1.165, 1.54) is 0 Å². The van der Waals surface area contributed by atoms with Gasteiger partial charge in [-0.2, -0.15) is 0 Å². The van der Waals surface area contributed by atoms with E-state index in [4.69, 9.17) is 5.73 Å². The molecule has 1 heterocycles. The molecule has 0 aromatic carbocycles. The lowest BCUT2D eigenvalue weighted by molar-refractivity contribution is -0.121. The molecule has 0 aliphatic carbocycles. The fraction of sp³-hybridized carbons (Fsp3) is 0.812. The molecule has 1 fully saturated rings. The fourth-order valence-corrected chi connectivity index (χ4v) is 2.75. The number of guanidine groups is 1. The third-order valence-corrected chi connectivity index (χ3v) is 3.82. The van der Waals surface area contributed by atoms with Crippen LogP contribution in [0.2, 0.25) is 0 Å². The van der Waals surface area contributed by atoms with E-state index in [2.05, 4.69) is 20.5 Å². The molecular formula is C16H32IN5O2. The molecule has 1 rings (SSSR count). The van der Waals surface area contributed by atoms with Crippen LogP contribution in [0.4, 0.5) is 0 Å². The predicted octanol–water partition coefficient (Wildman–Crippen LogP) is 1.07. The number of piperidine rings is 1. The van der Waals surface area contributed by atoms with Gasteiger partial charge in [-0.25, -0.2) is 0 Å². The summed E-state index contributed by atoms with van der Waals surface area (Å²) in [6, 6.07) is 0. The molecule has 0 saturated carbocycles. The van der Waals surface area contributed by atoms with Crippen LogP contribution in [0.1, 0.15) is 46.0 Å². The minimum atomic E-state index is -0.244. The Bertz CT molecular complexity index is 417. The number of nitrogens with zero attached hydrogens (tertiary/aromatic N) is 2. The lowest BCUT2D eigenvalue weighted by atomic mass is 9.95. The van der Waals surface area contributed by atoms with Crippen molar-refractivity contribution in [1.29, 1.82) is 0 Å². The molecule has 0 aromatic heterocycles. The van der Waals surface area contributed by atoms with Crippen molar-refractivity contribution >= 4 is 41.8 Å². The van der Waals surface area contributed by atoms with E-state index in [1.807, 2.05) is 13.8 Å². The smallest absolute Gasteiger partial charge is 0.221 e. The second-order valence-electron chi connectivity index (χ2n) is 5.96. The highest BCUT2D eigenvalue weighted by Gasteiger charge is 2.23. The number of hydrogen-bond acceptors (Lipinski definition) is 3. The van der Waals surface area contributed by atoms with Gasteiger partial charge in [0.2, 0.25) is 11.8 Å². The zero-order valence-corrected chi connectivity index (χ0v) is 17.2. The fourth-order valence-electron chi connectivity index (χ4n) is 2.75. The number of carbonyl (C=O) groups is 2. The Morgan fingerprint density at radius 1 is 1.29 bits per heavy atom. The summed E-state index contributed by atoms with van der Waals surface area (Å²) in [5.74, 6) is 0.908. The Morgan fingerprint density at radius 2 is 2.04 bits per heavy atom. The largest absolute Gasteiger partial charge is 0.370 e. The van der Waals surface area contributed by atoms with Crippen molar-refractivity contribution in [3.8, 4) is 0 Å². The van der Waals surface area contributed by atoms with Crippen LogP contribution in [0, 0.1) is 5.92 Å². The van der Waals surface area contributed by atoms with Gasteiger partial charge in [0.1, 0.15) is 0 Å². The number of nitrogens with two attached hydrogens (primary N) is 1. The van der Waals surface area contributed by atoms with Crippen LogP contribution in [0.25, 0.3) is 0 Å². The number of halogens is 1. The normalized spacial score (nSPS) is 17.8. The Morgan fingerprint density at radius 3 is 2.67 bits per heavy atom. The highest BCUT2D eigenvalue weighted by Crippen LogP contribution is 2.19. The van der Waals surface area contributed by atoms with Gasteiger partial charge in [0, 0.05) is 39.0 Å². The van der Waals surface area contributed by atoms with Crippen molar-refractivity contribution in [1.82, 2.24) is 15.5 Å². The average Bonchev–Trinajstić information content (AvgIpc) is 2.51. The van der Waals surface area contributed by atoms with Crippen LogP contribution in [0.3, 0.4) is 0 Å². The van der Waals surface area contributed by atoms with E-state index < -0.39 is 0 Å². The molecular weight excluding hydrogens is 421 g/mol. The maximum Gasteiger partial charge on any atom is 0.221 e. The molecule has 0 spiro atoms. The maximum atomic E-state index is 11.6. The third kappa shape index (κ3) is 9.29. The molecule has 1 saturated heterocycles. The quantitative estimate of drug-likeness (QED) is 0.291. The van der Waals surface area contributed by atoms with Crippen molar-refractivity contribution in [3.63, 3.8) is 0 Å². The Hall–Kier alpha value is -1.06. The van der Waals surface area contributed by atoms with E-state index in [-0.39, 0.29) is 41.7 Å². The van der Waals surface area contributed by atoms with E-state index in [1.54, 1.807) is 0 Å². The van der Waals surface area contributed by atoms with Crippen molar-refractivity contribution in [3.05, 3.63) is 0 Å². The van der Waals surface area contributed by atoms with E-state index in [9.17, 15) is 9.59 Å². The van der Waals surface area contributed by atoms with Gasteiger partial charge in [0.25, 0.3) is 0 Å². The first-order chi connectivity index (χ1) is 11.1. The van der Waals surface area contributed by atoms with Crippen LogP contribution in [0.15, 0.2) is 4.99 Å². The van der Waals surface area contributed by atoms with Gasteiger partial charge in [-0.15, -0.1) is 24.0 Å². The summed E-state index contributed by atoms with van der Waals surface area (Å²) in [5.41, 5.74) is 5.31. The third-order valence-electron chi connectivity index (χ3n) is 3.82. The van der Waals surface area contributed by atoms with E-state index >= 15 is 0 Å². The summed E-state index contributed by atoms with van der Waals surface area (Å²) in [4.78, 5) is 29.5. The summed E-state index contributed by atoms with van der Waals surface area (Å²) >= 11 is 0. The molecule has 1 atom stereocenters. The summed E-state index contributed by atoms with van der Waals surface area (Å²) in [5, 5.41) is 6.12. The van der Waals surface area contributed by atoms with Crippen LogP contribution >= 0.6 is 24.0 Å². The predicted molar refractivity (Wildman–Crippen MR) is 107 cm³/mol. The minimum Gasteiger partial charge on any atom is -0.370 e. The van der Waals surface area contributed by atoms with Crippen molar-refractivity contribution in [2.24, 2.45) is 16.6 Å². The molecule has 140 valence electrons. The van der Waals surface area contributed by atoms with Gasteiger partial charge in [-0.1, -0.05) is 6.92 Å². The number of carbonyl (C=O) groups excluding carboxylic acids is 2. The summed E-state index contributed by atoms with van der Waals surface area (Å²) < 4.78 is 0. The van der Waals surface area contributed by atoms with Gasteiger partial charge in [-0.05, 0) is 32.1 Å². The van der Waals surface area contributed by atoms with E-state index in [0.717, 1.165) is 44.9 Å². The van der Waals surface area contributed by atoms with Crippen molar-refractivity contribution < 1.29 is 9.59 Å². The molecule has 7 nitrogen and oxygen atoms in total. The standard InChI is InChI=1S/C16H31N5O2.HI/c1-3-8-19-15(23)7-9-20-16(18-4-2)21-10-5-6-13(12-21)11-14(17)22;/h13H,3-12H2,1-2H3,(H2,17,22)(H,18,20)(H,19,23);1H. The Balaban J connectivity index is 0.00000529. The molecule has 0 aromatic rings. The highest BCUT2D eigenvalue weighted by atomic mass is 127. The van der Waals surface area contributed by atoms with Crippen LogP contribution in [-0.4, -0.2) is 55.4 Å². The van der Waals surface area contributed by atoms with Crippen LogP contribution < -0.4 is 16.4 Å². The number of hydrogen-bond donors (Lipinski definition) is 3. The molecule has 4 N–H and O–H groups in total. The first-order valence-corrected chi connectivity index (χ1v) is 8.65. The topological polar surface area (TPSA) is 99.8 Å². The summed E-state index contributed by atoms with van der Waals surface area (Å²) in [7, 11) is 0. The molecule has 0 radical (unpaired) electrons. The zero-order chi connectivity index (χ0) is 17.1. The number of nitrogens with one attached hydrogen (secondary N) is 2. The molecule has 1 aliphatic rings. The average molecular weight is 453 g/mol. The highest BCUT2D eigenvalue weighted by molar-refractivity contribution is 14.0. The Kier molecular flexibility index (Phi) is 12.7. The Labute approximate surface area is 162 Å². The van der Waals surface area contributed by atoms with Gasteiger partial charge < -0.3 is 21.3 Å². The second kappa shape index (κ2) is 13.3. The molecule has 2 amide bonds. The first kappa shape index (κ1) is 22.9. The van der Waals surface area contributed by atoms with E-state index in [0.29, 0.717) is 25.9 Å². The van der Waals surface area contributed by atoms with Crippen LogP contribution in [-0.2, 0) is 9.59 Å². The summed E-state index contributed by atoms with van der Waals surface area (Å²) in [6.45, 7) is 7.71. The van der Waals surface area contributed by atoms with Crippen molar-refractivity contribution in [2.45, 2.75) is 46.0 Å². The molecule has 0 bridgehead atoms. The molecule has 8 heteroatoms. The summed E-state index contributed by atoms with van der Waals surface area (Å²) in [6.07, 6.45) is 3.81. The first-order valence-electron chi connectivity index (χ1n) is 8.65. The number of aliphatic imine (C=N–C) groups is 1. The maximum absolute atomic E-state index is 11.6. The lowest BCUT2D eigenvalue weighted by Gasteiger charge is -2.34. The van der Waals surface area contributed by atoms with Gasteiger partial charge in [0.05, 0.1) is 6.54 Å². The molecule has 24 heavy (non-hydrogen) atoms. The molecule has 1 aliphatic heterocycles. The molecule has 1 unspecified atom stereocenters. The number of likely N-dealkylation sites (tertiary alicyclic amines) is 1. The lowest BCUT2D eigenvalue weighted by Crippen LogP contribution is -2.47. The van der Waals surface area contributed by atoms with Crippen molar-refractivity contribution in [2.75, 3.05) is 32.7 Å².